The summed E-state index contributed by atoms with van der Waals surface area (Å²) in [4.78, 5) is 26.5. The van der Waals surface area contributed by atoms with Crippen LogP contribution in [0.5, 0.6) is 0 Å². The zero-order valence-electron chi connectivity index (χ0n) is 31.3. The fourth-order valence-electron chi connectivity index (χ4n) is 5.57. The third-order valence-corrected chi connectivity index (χ3v) is 9.72. The fourth-order valence-corrected chi connectivity index (χ4v) is 6.73. The maximum atomic E-state index is 13.2. The molecule has 0 bridgehead atoms. The molecule has 2 aromatic rings. The molecule has 0 fully saturated rings. The normalized spacial score (nSPS) is 16.5. The standard InChI is InChI=1S/C42H48Br2N4O2/c1-39(2,3)31-17-25(18-32(37(31)49)40(4,5)6)23-45-47-27-13-15-29(35(43)21-27)30-16-14-28(22-36(30)44)48-46-24-26-19-33(41(7,8)9)38(50)34(20-26)42(10,11)12/h13-24H,1-12H3. The number of halogens is 2. The van der Waals surface area contributed by atoms with E-state index in [1.807, 2.05) is 60.7 Å². The Labute approximate surface area is 314 Å². The predicted octanol–water partition coefficient (Wildman–Crippen LogP) is 13.9. The van der Waals surface area contributed by atoms with Gasteiger partial charge in [0.15, 0.2) is 11.6 Å². The molecule has 2 aromatic carbocycles. The van der Waals surface area contributed by atoms with Gasteiger partial charge in [0.25, 0.3) is 0 Å². The second-order valence-corrected chi connectivity index (χ2v) is 18.6. The number of benzene rings is 2. The summed E-state index contributed by atoms with van der Waals surface area (Å²) in [6, 6.07) is 11.7. The Morgan fingerprint density at radius 3 is 1.00 bits per heavy atom. The number of rotatable bonds is 5. The van der Waals surface area contributed by atoms with Gasteiger partial charge in [-0.3, -0.25) is 9.59 Å². The monoisotopic (exact) mass is 798 g/mol. The van der Waals surface area contributed by atoms with Gasteiger partial charge in [-0.05, 0) is 92.5 Å². The Bertz CT molecular complexity index is 1760. The fraction of sp³-hybridized carbons (Fsp3) is 0.381. The van der Waals surface area contributed by atoms with Crippen LogP contribution in [0.25, 0.3) is 11.1 Å². The average molecular weight is 801 g/mol. The van der Waals surface area contributed by atoms with E-state index < -0.39 is 0 Å². The molecule has 2 aliphatic rings. The minimum atomic E-state index is -0.286. The van der Waals surface area contributed by atoms with Crippen molar-refractivity contribution in [2.75, 3.05) is 0 Å². The second kappa shape index (κ2) is 14.5. The Balaban J connectivity index is 1.55. The smallest absolute Gasteiger partial charge is 0.186 e. The van der Waals surface area contributed by atoms with E-state index in [-0.39, 0.29) is 33.2 Å². The Kier molecular flexibility index (Phi) is 11.4. The molecule has 0 atom stereocenters. The quantitative estimate of drug-likeness (QED) is 0.282. The summed E-state index contributed by atoms with van der Waals surface area (Å²) in [6.45, 7) is 24.6. The minimum Gasteiger partial charge on any atom is -0.289 e. The van der Waals surface area contributed by atoms with Crippen LogP contribution in [0.3, 0.4) is 0 Å². The average Bonchev–Trinajstić information content (AvgIpc) is 2.97. The summed E-state index contributed by atoms with van der Waals surface area (Å²) < 4.78 is 1.73. The molecule has 0 heterocycles. The molecule has 0 aliphatic heterocycles. The molecular formula is C42H48Br2N4O2. The molecule has 8 heteroatoms. The highest BCUT2D eigenvalue weighted by Crippen LogP contribution is 2.41. The number of azo groups is 2. The summed E-state index contributed by atoms with van der Waals surface area (Å²) in [5.74, 6) is 0.186. The van der Waals surface area contributed by atoms with Crippen LogP contribution in [0.15, 0.2) is 136 Å². The summed E-state index contributed by atoms with van der Waals surface area (Å²) in [5.41, 5.74) is 6.98. The molecule has 2 aliphatic carbocycles. The van der Waals surface area contributed by atoms with E-state index in [0.717, 1.165) is 53.5 Å². The van der Waals surface area contributed by atoms with Crippen LogP contribution in [-0.4, -0.2) is 11.6 Å². The largest absolute Gasteiger partial charge is 0.289 e. The number of carbonyl (C=O) groups is 2. The first-order chi connectivity index (χ1) is 23.0. The molecule has 50 heavy (non-hydrogen) atoms. The molecule has 0 saturated carbocycles. The first kappa shape index (κ1) is 39.2. The summed E-state index contributed by atoms with van der Waals surface area (Å²) in [5, 5.41) is 17.6. The minimum absolute atomic E-state index is 0.0932. The number of nitrogens with zero attached hydrogens (tertiary/aromatic N) is 4. The van der Waals surface area contributed by atoms with Crippen molar-refractivity contribution in [3.8, 4) is 11.1 Å². The number of ketones is 2. The molecule has 0 radical (unpaired) electrons. The zero-order valence-corrected chi connectivity index (χ0v) is 34.5. The van der Waals surface area contributed by atoms with Crippen molar-refractivity contribution >= 4 is 54.8 Å². The van der Waals surface area contributed by atoms with E-state index in [4.69, 9.17) is 0 Å². The van der Waals surface area contributed by atoms with Crippen LogP contribution in [0.1, 0.15) is 83.1 Å². The van der Waals surface area contributed by atoms with Gasteiger partial charge in [0.2, 0.25) is 0 Å². The molecule has 0 N–H and O–H groups in total. The molecular weight excluding hydrogens is 752 g/mol. The molecule has 0 unspecified atom stereocenters. The SMILES string of the molecule is CC(C)(C)C1=CC(=CN=Nc2ccc(-c3ccc(N=NC=C4C=C(C(C)(C)C)C(=O)C(C(C)(C)C)=C4)cc3Br)c(Br)c2)C=C(C(C)(C)C)C1=O. The van der Waals surface area contributed by atoms with Gasteiger partial charge in [-0.15, -0.1) is 0 Å². The lowest BCUT2D eigenvalue weighted by Gasteiger charge is -2.31. The van der Waals surface area contributed by atoms with Crippen molar-refractivity contribution < 1.29 is 9.59 Å². The van der Waals surface area contributed by atoms with Crippen LogP contribution in [0.4, 0.5) is 11.4 Å². The van der Waals surface area contributed by atoms with Gasteiger partial charge in [0.1, 0.15) is 0 Å². The molecule has 262 valence electrons. The number of carbonyl (C=O) groups excluding carboxylic acids is 2. The molecule has 0 spiro atoms. The van der Waals surface area contributed by atoms with Crippen molar-refractivity contribution in [3.63, 3.8) is 0 Å². The van der Waals surface area contributed by atoms with Gasteiger partial charge >= 0.3 is 0 Å². The molecule has 0 aromatic heterocycles. The highest BCUT2D eigenvalue weighted by Gasteiger charge is 2.35. The van der Waals surface area contributed by atoms with E-state index >= 15 is 0 Å². The van der Waals surface area contributed by atoms with Gasteiger partial charge < -0.3 is 0 Å². The summed E-state index contributed by atoms with van der Waals surface area (Å²) in [6.07, 6.45) is 11.1. The van der Waals surface area contributed by atoms with Gasteiger partial charge in [0, 0.05) is 31.2 Å². The third-order valence-electron chi connectivity index (χ3n) is 8.41. The van der Waals surface area contributed by atoms with Gasteiger partial charge in [-0.1, -0.05) is 127 Å². The lowest BCUT2D eigenvalue weighted by atomic mass is 9.72. The lowest BCUT2D eigenvalue weighted by molar-refractivity contribution is -0.114. The van der Waals surface area contributed by atoms with E-state index in [1.54, 1.807) is 12.4 Å². The number of hydrogen-bond donors (Lipinski definition) is 0. The summed E-state index contributed by atoms with van der Waals surface area (Å²) >= 11 is 7.44. The molecule has 4 rings (SSSR count). The van der Waals surface area contributed by atoms with Crippen molar-refractivity contribution in [1.82, 2.24) is 0 Å². The number of Topliss-reactive ketones (excluding diaryl/α,β-unsaturated/α-hetero) is 2. The van der Waals surface area contributed by atoms with Crippen molar-refractivity contribution in [2.45, 2.75) is 83.1 Å². The molecule has 6 nitrogen and oxygen atoms in total. The van der Waals surface area contributed by atoms with Gasteiger partial charge in [-0.2, -0.15) is 20.5 Å². The van der Waals surface area contributed by atoms with E-state index in [9.17, 15) is 9.59 Å². The van der Waals surface area contributed by atoms with Crippen LogP contribution < -0.4 is 0 Å². The molecule has 0 amide bonds. The maximum Gasteiger partial charge on any atom is 0.186 e. The summed E-state index contributed by atoms with van der Waals surface area (Å²) in [7, 11) is 0. The van der Waals surface area contributed by atoms with Crippen molar-refractivity contribution in [1.29, 1.82) is 0 Å². The van der Waals surface area contributed by atoms with E-state index in [1.165, 1.54) is 0 Å². The van der Waals surface area contributed by atoms with Crippen molar-refractivity contribution in [3.05, 3.63) is 115 Å². The Morgan fingerprint density at radius 1 is 0.480 bits per heavy atom. The Morgan fingerprint density at radius 2 is 0.760 bits per heavy atom. The molecule has 0 saturated heterocycles. The van der Waals surface area contributed by atoms with E-state index in [0.29, 0.717) is 11.4 Å². The second-order valence-electron chi connectivity index (χ2n) is 16.9. The van der Waals surface area contributed by atoms with Crippen molar-refractivity contribution in [2.24, 2.45) is 42.1 Å². The van der Waals surface area contributed by atoms with Crippen LogP contribution in [-0.2, 0) is 9.59 Å². The van der Waals surface area contributed by atoms with Crippen LogP contribution >= 0.6 is 31.9 Å². The first-order valence-corrected chi connectivity index (χ1v) is 18.3. The lowest BCUT2D eigenvalue weighted by Crippen LogP contribution is -2.27. The first-order valence-electron chi connectivity index (χ1n) is 16.8. The Hall–Kier alpha value is -3.62. The highest BCUT2D eigenvalue weighted by atomic mass is 79.9. The maximum absolute atomic E-state index is 13.2. The topological polar surface area (TPSA) is 83.6 Å². The van der Waals surface area contributed by atoms with Crippen LogP contribution in [0, 0.1) is 21.7 Å². The zero-order chi connectivity index (χ0) is 37.4. The van der Waals surface area contributed by atoms with Crippen LogP contribution in [0.2, 0.25) is 0 Å². The third kappa shape index (κ3) is 9.38. The highest BCUT2D eigenvalue weighted by molar-refractivity contribution is 9.11. The van der Waals surface area contributed by atoms with E-state index in [2.05, 4.69) is 135 Å². The predicted molar refractivity (Wildman–Crippen MR) is 213 cm³/mol. The van der Waals surface area contributed by atoms with Gasteiger partial charge in [-0.25, -0.2) is 0 Å². The van der Waals surface area contributed by atoms with Gasteiger partial charge in [0.05, 0.1) is 23.8 Å². The number of allylic oxidation sites excluding steroid dienone is 10. The number of hydrogen-bond acceptors (Lipinski definition) is 6.